The average Bonchev–Trinajstić information content (AvgIpc) is 3.67. The van der Waals surface area contributed by atoms with Crippen LogP contribution >= 0.6 is 0 Å². The zero-order valence-electron chi connectivity index (χ0n) is 17.7. The molecule has 0 spiro atoms. The van der Waals surface area contributed by atoms with Gasteiger partial charge in [-0.3, -0.25) is 4.79 Å². The summed E-state index contributed by atoms with van der Waals surface area (Å²) in [6.45, 7) is 0.262. The Kier molecular flexibility index (Phi) is 5.05. The lowest BCUT2D eigenvalue weighted by atomic mass is 9.94. The Bertz CT molecular complexity index is 1450. The number of rotatable bonds is 6. The van der Waals surface area contributed by atoms with Gasteiger partial charge in [-0.15, -0.1) is 0 Å². The molecule has 2 heterocycles. The highest BCUT2D eigenvalue weighted by atomic mass is 19.1. The summed E-state index contributed by atoms with van der Waals surface area (Å²) in [4.78, 5) is 20.4. The van der Waals surface area contributed by atoms with Crippen LogP contribution in [0, 0.1) is 11.2 Å². The lowest BCUT2D eigenvalue weighted by Gasteiger charge is -2.17. The van der Waals surface area contributed by atoms with Gasteiger partial charge in [0.1, 0.15) is 18.1 Å². The minimum Gasteiger partial charge on any atom is -0.472 e. The van der Waals surface area contributed by atoms with Crippen LogP contribution in [0.25, 0.3) is 22.0 Å². The first-order valence-electron chi connectivity index (χ1n) is 10.6. The Morgan fingerprint density at radius 1 is 1.15 bits per heavy atom. The maximum atomic E-state index is 14.1. The van der Waals surface area contributed by atoms with Crippen LogP contribution in [0.3, 0.4) is 0 Å². The molecular formula is C25H22FN5O2. The molecule has 0 unspecified atom stereocenters. The molecule has 1 aliphatic rings. The number of ether oxygens (including phenoxy) is 1. The minimum absolute atomic E-state index is 0.0814. The summed E-state index contributed by atoms with van der Waals surface area (Å²) in [5.74, 6) is -0.0220. The molecule has 0 amide bonds. The summed E-state index contributed by atoms with van der Waals surface area (Å²) in [5, 5.41) is 8.29. The number of halogens is 1. The molecule has 0 atom stereocenters. The van der Waals surface area contributed by atoms with Crippen molar-refractivity contribution in [3.63, 3.8) is 0 Å². The Morgan fingerprint density at radius 2 is 1.91 bits per heavy atom. The predicted molar refractivity (Wildman–Crippen MR) is 127 cm³/mol. The second-order valence-corrected chi connectivity index (χ2v) is 8.13. The highest BCUT2D eigenvalue weighted by molar-refractivity contribution is 6.08. The summed E-state index contributed by atoms with van der Waals surface area (Å²) in [5.41, 5.74) is 14.5. The molecule has 1 saturated carbocycles. The Labute approximate surface area is 188 Å². The van der Waals surface area contributed by atoms with Gasteiger partial charge in [0.05, 0.1) is 16.6 Å². The number of aromatic amines is 1. The van der Waals surface area contributed by atoms with Crippen LogP contribution in [0.2, 0.25) is 0 Å². The molecule has 6 N–H and O–H groups in total. The first-order chi connectivity index (χ1) is 16.0. The van der Waals surface area contributed by atoms with Gasteiger partial charge in [0.25, 0.3) is 5.56 Å². The second-order valence-electron chi connectivity index (χ2n) is 8.13. The summed E-state index contributed by atoms with van der Waals surface area (Å²) in [6, 6.07) is 14.1. The third-order valence-electron chi connectivity index (χ3n) is 5.88. The Morgan fingerprint density at radius 3 is 2.61 bits per heavy atom. The average molecular weight is 443 g/mol. The summed E-state index contributed by atoms with van der Waals surface area (Å²) < 4.78 is 20.3. The number of aromatic nitrogens is 2. The van der Waals surface area contributed by atoms with Crippen molar-refractivity contribution in [3.05, 3.63) is 81.5 Å². The molecule has 5 rings (SSSR count). The van der Waals surface area contributed by atoms with Crippen molar-refractivity contribution in [1.29, 1.82) is 5.41 Å². The van der Waals surface area contributed by atoms with Gasteiger partial charge in [0.2, 0.25) is 5.88 Å². The van der Waals surface area contributed by atoms with E-state index in [-0.39, 0.29) is 23.5 Å². The standard InChI is InChI=1S/C25H22FN5O2/c26-17-9-8-15(16(11-27)22(17)28)20-21-19(30-24(32)23(20)29)10-18(14-6-7-14)31-25(21)33-12-13-4-2-1-3-5-13/h1-5,8-11,14,27H,6-7,12,28-29H2,(H,30,32). The van der Waals surface area contributed by atoms with Crippen molar-refractivity contribution in [2.75, 3.05) is 11.5 Å². The molecule has 1 aliphatic carbocycles. The van der Waals surface area contributed by atoms with Gasteiger partial charge in [-0.2, -0.15) is 0 Å². The van der Waals surface area contributed by atoms with Crippen molar-refractivity contribution in [2.45, 2.75) is 25.4 Å². The number of anilines is 2. The summed E-state index contributed by atoms with van der Waals surface area (Å²) in [7, 11) is 0. The fourth-order valence-corrected chi connectivity index (χ4v) is 4.00. The molecule has 4 aromatic rings. The van der Waals surface area contributed by atoms with Crippen LogP contribution in [0.1, 0.15) is 35.6 Å². The quantitative estimate of drug-likeness (QED) is 0.260. The number of hydrogen-bond acceptors (Lipinski definition) is 6. The van der Waals surface area contributed by atoms with E-state index in [2.05, 4.69) is 4.98 Å². The largest absolute Gasteiger partial charge is 0.472 e. The van der Waals surface area contributed by atoms with E-state index in [1.165, 1.54) is 12.1 Å². The number of fused-ring (bicyclic) bond motifs is 1. The van der Waals surface area contributed by atoms with Gasteiger partial charge in [-0.05, 0) is 36.1 Å². The molecule has 2 aromatic carbocycles. The number of nitrogens with one attached hydrogen (secondary N) is 2. The molecule has 0 bridgehead atoms. The first kappa shape index (κ1) is 20.7. The third-order valence-corrected chi connectivity index (χ3v) is 5.88. The van der Waals surface area contributed by atoms with Gasteiger partial charge in [0, 0.05) is 29.0 Å². The molecule has 0 saturated heterocycles. The Balaban J connectivity index is 1.79. The number of hydrogen-bond donors (Lipinski definition) is 4. The van der Waals surface area contributed by atoms with E-state index in [1.54, 1.807) is 0 Å². The van der Waals surface area contributed by atoms with Crippen LogP contribution in [0.5, 0.6) is 5.88 Å². The Hall–Kier alpha value is -4.20. The smallest absolute Gasteiger partial charge is 0.272 e. The van der Waals surface area contributed by atoms with Crippen LogP contribution in [0.4, 0.5) is 15.8 Å². The van der Waals surface area contributed by atoms with E-state index in [0.717, 1.165) is 30.3 Å². The maximum absolute atomic E-state index is 14.1. The molecule has 8 heteroatoms. The number of nitrogens with two attached hydrogens (primary N) is 2. The van der Waals surface area contributed by atoms with E-state index in [1.807, 2.05) is 36.4 Å². The van der Waals surface area contributed by atoms with Gasteiger partial charge >= 0.3 is 0 Å². The number of pyridine rings is 2. The highest BCUT2D eigenvalue weighted by Gasteiger charge is 2.28. The number of nitrogens with zero attached hydrogens (tertiary/aromatic N) is 1. The number of benzene rings is 2. The summed E-state index contributed by atoms with van der Waals surface area (Å²) >= 11 is 0. The van der Waals surface area contributed by atoms with E-state index >= 15 is 0 Å². The predicted octanol–water partition coefficient (Wildman–Crippen LogP) is 4.35. The van der Waals surface area contributed by atoms with E-state index in [4.69, 9.17) is 26.6 Å². The van der Waals surface area contributed by atoms with Crippen molar-refractivity contribution >= 4 is 28.5 Å². The fourth-order valence-electron chi connectivity index (χ4n) is 4.00. The third kappa shape index (κ3) is 3.69. The second kappa shape index (κ2) is 8.05. The molecule has 33 heavy (non-hydrogen) atoms. The summed E-state index contributed by atoms with van der Waals surface area (Å²) in [6.07, 6.45) is 3.00. The fraction of sp³-hybridized carbons (Fsp3) is 0.160. The van der Waals surface area contributed by atoms with Crippen LogP contribution < -0.4 is 21.8 Å². The topological polar surface area (TPSA) is 131 Å². The van der Waals surface area contributed by atoms with Gasteiger partial charge in [-0.1, -0.05) is 36.4 Å². The van der Waals surface area contributed by atoms with Crippen molar-refractivity contribution < 1.29 is 9.13 Å². The van der Waals surface area contributed by atoms with Gasteiger partial charge < -0.3 is 26.6 Å². The minimum atomic E-state index is -0.653. The molecule has 7 nitrogen and oxygen atoms in total. The van der Waals surface area contributed by atoms with Gasteiger partial charge in [0.15, 0.2) is 0 Å². The van der Waals surface area contributed by atoms with Crippen LogP contribution in [0.15, 0.2) is 53.3 Å². The van der Waals surface area contributed by atoms with E-state index in [0.29, 0.717) is 33.8 Å². The van der Waals surface area contributed by atoms with Crippen molar-refractivity contribution in [1.82, 2.24) is 9.97 Å². The molecule has 0 aliphatic heterocycles. The zero-order valence-corrected chi connectivity index (χ0v) is 17.7. The van der Waals surface area contributed by atoms with Crippen LogP contribution in [-0.4, -0.2) is 16.2 Å². The van der Waals surface area contributed by atoms with E-state index < -0.39 is 11.4 Å². The highest BCUT2D eigenvalue weighted by Crippen LogP contribution is 2.44. The van der Waals surface area contributed by atoms with Crippen molar-refractivity contribution in [3.8, 4) is 17.0 Å². The van der Waals surface area contributed by atoms with E-state index in [9.17, 15) is 9.18 Å². The lowest BCUT2D eigenvalue weighted by Crippen LogP contribution is -2.15. The lowest BCUT2D eigenvalue weighted by molar-refractivity contribution is 0.297. The first-order valence-corrected chi connectivity index (χ1v) is 10.6. The molecule has 0 radical (unpaired) electrons. The van der Waals surface area contributed by atoms with Crippen molar-refractivity contribution in [2.24, 2.45) is 0 Å². The number of H-pyrrole nitrogens is 1. The molecule has 1 fully saturated rings. The van der Waals surface area contributed by atoms with Gasteiger partial charge in [-0.25, -0.2) is 9.37 Å². The zero-order chi connectivity index (χ0) is 23.1. The molecule has 166 valence electrons. The van der Waals surface area contributed by atoms with Crippen LogP contribution in [-0.2, 0) is 6.61 Å². The monoisotopic (exact) mass is 443 g/mol. The normalized spacial score (nSPS) is 13.2. The maximum Gasteiger partial charge on any atom is 0.272 e. The SMILES string of the molecule is N=Cc1c(-c2c(N)c(=O)[nH]c3cc(C4CC4)nc(OCc4ccccc4)c23)ccc(F)c1N. The number of nitrogen functional groups attached to an aromatic ring is 2. The molecular weight excluding hydrogens is 421 g/mol. The molecule has 2 aromatic heterocycles.